The second-order valence-electron chi connectivity index (χ2n) is 40.2. The van der Waals surface area contributed by atoms with Crippen molar-refractivity contribution in [3.63, 3.8) is 0 Å². The van der Waals surface area contributed by atoms with E-state index in [1.165, 1.54) is 89.2 Å². The molecule has 1 fully saturated rings. The first-order valence-electron chi connectivity index (χ1n) is 46.2. The van der Waals surface area contributed by atoms with E-state index in [1.54, 1.807) is 0 Å². The number of aromatic nitrogens is 2. The first-order valence-corrected chi connectivity index (χ1v) is 47.2. The van der Waals surface area contributed by atoms with Gasteiger partial charge in [-0.2, -0.15) is 9.13 Å². The second kappa shape index (κ2) is 31.0. The summed E-state index contributed by atoms with van der Waals surface area (Å²) in [6.07, 6.45) is 37.3. The molecule has 134 heavy (non-hydrogen) atoms. The highest BCUT2D eigenvalue weighted by atomic mass is 127. The lowest BCUT2D eigenvalue weighted by Gasteiger charge is -2.40. The molecule has 0 unspecified atom stereocenters. The van der Waals surface area contributed by atoms with Gasteiger partial charge in [-0.25, -0.2) is 30.0 Å². The van der Waals surface area contributed by atoms with Crippen LogP contribution in [0, 0.1) is 78.6 Å². The average Bonchev–Trinajstić information content (AvgIpc) is 1.45. The average molecular weight is 1880 g/mol. The fourth-order valence-electron chi connectivity index (χ4n) is 21.8. The number of benzene rings is 5. The van der Waals surface area contributed by atoms with Crippen LogP contribution in [0.5, 0.6) is 0 Å². The number of Topliss-reactive ketones (excluding diaryl/α,β-unsaturated/α-hetero) is 1. The van der Waals surface area contributed by atoms with Gasteiger partial charge < -0.3 is 30.2 Å². The van der Waals surface area contributed by atoms with Crippen LogP contribution in [0.1, 0.15) is 174 Å². The molecule has 7 aromatic rings. The number of aliphatic hydroxyl groups excluding tert-OH is 2. The summed E-state index contributed by atoms with van der Waals surface area (Å²) < 4.78 is 22.7. The summed E-state index contributed by atoms with van der Waals surface area (Å²) in [5.41, 5.74) is 41.9. The SMILES string of the molecule is CC1(C)OB(c2ccccc2)OC1(C)C.CC1=C2C=CC(=N2)C=C2NC(=C(O)C2(C)C)C(I)=C2C=CC(=N2)C(c2c(C)cc(C)cc2C)=C2C=CC1=N2.CC1=C2C=CC(=N2)C=C2NC(=C(O)C2(C)C)C=C2C=CC(=N2)C(c2c(C)cc(C)cc2C)=C2C=CC1=N2.CC1=c2ccc3n2[C@]24n5c(ccc5C(c5c(C)cc(C)cc5C)=C5C=CC1=[N+]52)C(c1ccccc1)=C1C(=O)C(C)(C)C(=[N+]14)C=3. The Morgan fingerprint density at radius 2 is 0.888 bits per heavy atom. The summed E-state index contributed by atoms with van der Waals surface area (Å²) in [6, 6.07) is 43.0. The van der Waals surface area contributed by atoms with Gasteiger partial charge in [-0.05, 0) is 351 Å². The van der Waals surface area contributed by atoms with Gasteiger partial charge in [-0.1, -0.05) is 123 Å². The maximum Gasteiger partial charge on any atom is 0.553 e. The summed E-state index contributed by atoms with van der Waals surface area (Å²) >= 11 is 2.28. The van der Waals surface area contributed by atoms with Crippen LogP contribution in [0.15, 0.2) is 349 Å². The molecule has 0 amide bonds. The number of hydrogen-bond acceptors (Lipinski definition) is 13. The molecule has 2 aromatic heterocycles. The first-order chi connectivity index (χ1) is 63.7. The van der Waals surface area contributed by atoms with E-state index in [9.17, 15) is 15.0 Å². The van der Waals surface area contributed by atoms with Gasteiger partial charge in [0.15, 0.2) is 0 Å². The van der Waals surface area contributed by atoms with Crippen LogP contribution in [0.2, 0.25) is 0 Å². The van der Waals surface area contributed by atoms with E-state index in [0.29, 0.717) is 22.9 Å². The van der Waals surface area contributed by atoms with Crippen molar-refractivity contribution < 1.29 is 33.5 Å². The van der Waals surface area contributed by atoms with Crippen molar-refractivity contribution in [2.45, 2.75) is 169 Å². The molecule has 4 N–H and O–H groups in total. The van der Waals surface area contributed by atoms with Crippen LogP contribution in [0.3, 0.4) is 0 Å². The van der Waals surface area contributed by atoms with Crippen molar-refractivity contribution in [2.24, 2.45) is 46.2 Å². The molecule has 1 spiro atoms. The molecule has 19 heterocycles. The number of fused-ring (bicyclic) bond motifs is 10. The predicted molar refractivity (Wildman–Crippen MR) is 553 cm³/mol. The Morgan fingerprint density at radius 1 is 0.418 bits per heavy atom. The van der Waals surface area contributed by atoms with Crippen molar-refractivity contribution in [1.29, 1.82) is 0 Å². The first kappa shape index (κ1) is 87.1. The molecule has 0 aliphatic carbocycles. The van der Waals surface area contributed by atoms with E-state index in [-0.39, 0.29) is 24.1 Å². The fraction of sp³-hybridized carbons (Fsp3) is 0.243. The minimum absolute atomic E-state index is 0.166. The number of halogens is 1. The van der Waals surface area contributed by atoms with E-state index in [2.05, 4.69) is 310 Å². The lowest BCUT2D eigenvalue weighted by Crippen LogP contribution is -2.70. The van der Waals surface area contributed by atoms with Crippen LogP contribution < -0.4 is 26.8 Å². The van der Waals surface area contributed by atoms with Gasteiger partial charge >= 0.3 is 13.0 Å². The Morgan fingerprint density at radius 3 is 1.44 bits per heavy atom. The van der Waals surface area contributed by atoms with Crippen molar-refractivity contribution in [1.82, 2.24) is 19.8 Å². The normalized spacial score (nSPS) is 22.1. The number of hydrogen-bond donors (Lipinski definition) is 4. The Labute approximate surface area is 797 Å². The van der Waals surface area contributed by atoms with Crippen LogP contribution in [0.4, 0.5) is 0 Å². The number of aryl methyl sites for hydroxylation is 9. The Balaban J connectivity index is 0.000000112. The number of ketones is 1. The summed E-state index contributed by atoms with van der Waals surface area (Å²) in [6.45, 7) is 46.4. The largest absolute Gasteiger partial charge is 0.553 e. The number of nitrogens with one attached hydrogen (secondary N) is 2. The summed E-state index contributed by atoms with van der Waals surface area (Å²) in [5, 5.41) is 31.6. The number of aliphatic imine (C=N–C) groups is 6. The van der Waals surface area contributed by atoms with E-state index < -0.39 is 22.2 Å². The summed E-state index contributed by atoms with van der Waals surface area (Å²) in [5.74, 6) is -0.0844. The van der Waals surface area contributed by atoms with Gasteiger partial charge in [0.1, 0.15) is 16.9 Å². The number of allylic oxidation sites excluding steroid dienone is 23. The summed E-state index contributed by atoms with van der Waals surface area (Å²) in [4.78, 5) is 44.9. The van der Waals surface area contributed by atoms with E-state index >= 15 is 0 Å². The monoisotopic (exact) mass is 1870 g/mol. The number of rotatable bonds is 5. The molecule has 16 bridgehead atoms. The van der Waals surface area contributed by atoms with E-state index in [4.69, 9.17) is 39.3 Å². The van der Waals surface area contributed by atoms with Gasteiger partial charge in [-0.3, -0.25) is 4.79 Å². The molecule has 17 nitrogen and oxygen atoms in total. The highest BCUT2D eigenvalue weighted by Crippen LogP contribution is 2.56. The number of nitrogens with zero attached hydrogens (tertiary/aromatic N) is 10. The Hall–Kier alpha value is -13.6. The third kappa shape index (κ3) is 13.3. The van der Waals surface area contributed by atoms with Crippen LogP contribution >= 0.6 is 22.6 Å². The van der Waals surface area contributed by atoms with Crippen molar-refractivity contribution in [3.8, 4) is 0 Å². The topological polar surface area (TPSA) is 190 Å². The quantitative estimate of drug-likeness (QED) is 0.0749. The minimum atomic E-state index is -0.840. The molecule has 5 aromatic carbocycles. The number of carbonyl (C=O) groups excluding carboxylic acids is 1. The van der Waals surface area contributed by atoms with Gasteiger partial charge in [0.05, 0.1) is 139 Å². The lowest BCUT2D eigenvalue weighted by atomic mass is 9.79. The molecule has 1 saturated heterocycles. The third-order valence-corrected chi connectivity index (χ3v) is 30.4. The minimum Gasteiger partial charge on any atom is -0.509 e. The van der Waals surface area contributed by atoms with Gasteiger partial charge in [0.25, 0.3) is 5.70 Å². The summed E-state index contributed by atoms with van der Waals surface area (Å²) in [7, 11) is -0.240. The predicted octanol–water partition coefficient (Wildman–Crippen LogP) is 21.3. The fourth-order valence-corrected chi connectivity index (χ4v) is 22.5. The molecular weight excluding hydrogens is 1770 g/mol. The lowest BCUT2D eigenvalue weighted by molar-refractivity contribution is -0.833. The Bertz CT molecular complexity index is 7730. The molecule has 24 rings (SSSR count). The van der Waals surface area contributed by atoms with Crippen LogP contribution in [0.25, 0.3) is 33.9 Å². The van der Waals surface area contributed by atoms with Gasteiger partial charge in [0.2, 0.25) is 22.9 Å². The molecule has 0 saturated carbocycles. The number of carbonyl (C=O) groups is 1. The van der Waals surface area contributed by atoms with Crippen molar-refractivity contribution >= 4 is 121 Å². The zero-order chi connectivity index (χ0) is 94.1. The maximum atomic E-state index is 14.8. The van der Waals surface area contributed by atoms with Crippen LogP contribution in [-0.4, -0.2) is 98.3 Å². The standard InChI is InChI=1S/C39H32N4O.C32H29IN4O.C32H30N4O.C12H17BO2/c1-21-18-22(2)33(23(3)19-21)35-30-15-14-28-24(4)27-13-12-26-20-32-38(5,6)37(44)36-34(25-10-8-7-9-11-25)29-16-17-31(35)42(29)39(40(26)27,41(28)30)43(32)36;1-16-13-17(2)27(18(3)14-16)28-23-10-9-22(35-23)19(4)21-8-7-20(34-21)15-26-32(5,6)31(38)30(37-26)29(33)25-12-11-24(28)36-25;1-17-13-18(2)29(19(3)14-17)30-25-10-8-21(34-25)15-27-31(37)32(5,6)28(36-27)16-22-7-9-23(33-22)20(4)24-11-12-26(30)35-24;1-11(2)12(3,4)15-13(14-11)10-8-6-5-7-9-10/h7-20H,1-6H3;7-15,37-38H,1-6H3;7-16,36-37H,1-6H3;5-9H,1-4H3/q+2;;;/t39-;;;/m1.../s1. The molecule has 1 atom stereocenters. The molecule has 17 aliphatic heterocycles. The van der Waals surface area contributed by atoms with E-state index in [0.717, 1.165) is 156 Å². The zero-order valence-corrected chi connectivity index (χ0v) is 82.1. The second-order valence-corrected chi connectivity index (χ2v) is 41.2. The van der Waals surface area contributed by atoms with Crippen LogP contribution in [-0.2, 0) is 20.0 Å². The third-order valence-electron chi connectivity index (χ3n) is 29.3. The smallest absolute Gasteiger partial charge is 0.509 e. The Kier molecular flexibility index (Phi) is 20.1. The zero-order valence-electron chi connectivity index (χ0n) is 80.0. The highest BCUT2D eigenvalue weighted by Gasteiger charge is 2.76. The highest BCUT2D eigenvalue weighted by molar-refractivity contribution is 14.1. The van der Waals surface area contributed by atoms with Gasteiger partial charge in [0, 0.05) is 57.5 Å². The molecule has 666 valence electrons. The molecule has 19 heteroatoms. The number of aliphatic hydroxyl groups is 2. The molecule has 0 radical (unpaired) electrons. The van der Waals surface area contributed by atoms with Crippen molar-refractivity contribution in [2.75, 3.05) is 0 Å². The van der Waals surface area contributed by atoms with E-state index in [1.807, 2.05) is 125 Å². The molecule has 17 aliphatic rings. The molecular formula is C115H108BIN12O5+2. The maximum absolute atomic E-state index is 14.8. The van der Waals surface area contributed by atoms with Crippen molar-refractivity contribution in [3.05, 3.63) is 414 Å². The van der Waals surface area contributed by atoms with Gasteiger partial charge in [-0.15, -0.1) is 0 Å².